The Hall–Kier alpha value is -1.23. The molecule has 0 aliphatic rings. The van der Waals surface area contributed by atoms with Gasteiger partial charge in [-0.1, -0.05) is 168 Å². The molecule has 0 saturated heterocycles. The number of nitrogens with zero attached hydrogens (tertiary/aromatic N) is 1. The highest BCUT2D eigenvalue weighted by Gasteiger charge is 2.28. The van der Waals surface area contributed by atoms with Crippen molar-refractivity contribution in [2.24, 2.45) is 5.73 Å². The first-order chi connectivity index (χ1) is 21.1. The summed E-state index contributed by atoms with van der Waals surface area (Å²) in [4.78, 5) is 39.6. The number of carbonyl (C=O) groups excluding carboxylic acids is 3. The van der Waals surface area contributed by atoms with Gasteiger partial charge in [0, 0.05) is 12.8 Å². The molecule has 0 saturated carbocycles. The van der Waals surface area contributed by atoms with Crippen LogP contribution in [0.25, 0.3) is 0 Å². The molecule has 0 rings (SSSR count). The van der Waals surface area contributed by atoms with E-state index in [9.17, 15) is 14.4 Å². The Bertz CT molecular complexity index is 582. The molecule has 0 aromatic carbocycles. The number of carbonyl (C=O) groups is 3. The summed E-state index contributed by atoms with van der Waals surface area (Å²) in [6.07, 6.45) is 36.3. The Balaban J connectivity index is 4.24. The van der Waals surface area contributed by atoms with E-state index in [1.54, 1.807) is 0 Å². The highest BCUT2D eigenvalue weighted by atomic mass is 16.2. The van der Waals surface area contributed by atoms with Crippen LogP contribution in [0.4, 0.5) is 0 Å². The monoisotopic (exact) mass is 607 g/mol. The molecule has 0 aliphatic heterocycles. The van der Waals surface area contributed by atoms with Gasteiger partial charge in [0.1, 0.15) is 6.29 Å². The van der Waals surface area contributed by atoms with Crippen molar-refractivity contribution in [1.29, 1.82) is 0 Å². The lowest BCUT2D eigenvalue weighted by Gasteiger charge is -2.27. The molecule has 0 unspecified atom stereocenters. The topological polar surface area (TPSA) is 80.5 Å². The van der Waals surface area contributed by atoms with Crippen molar-refractivity contribution in [3.63, 3.8) is 0 Å². The van der Waals surface area contributed by atoms with Crippen LogP contribution >= 0.6 is 0 Å². The SMILES string of the molecule is CCCCCCCCCCCCCCCC(=O)N(C(=O)CCCCCCCCCCCCCCC)[C@H](C=O)CCCCN. The summed E-state index contributed by atoms with van der Waals surface area (Å²) in [6.45, 7) is 5.09. The zero-order valence-corrected chi connectivity index (χ0v) is 29.0. The molecule has 2 N–H and O–H groups in total. The van der Waals surface area contributed by atoms with Crippen LogP contribution in [0.2, 0.25) is 0 Å². The lowest BCUT2D eigenvalue weighted by molar-refractivity contribution is -0.150. The van der Waals surface area contributed by atoms with Crippen LogP contribution in [-0.2, 0) is 14.4 Å². The van der Waals surface area contributed by atoms with Crippen molar-refractivity contribution in [2.75, 3.05) is 6.54 Å². The maximum absolute atomic E-state index is 13.2. The first-order valence-corrected chi connectivity index (χ1v) is 19.1. The van der Waals surface area contributed by atoms with Crippen molar-refractivity contribution in [1.82, 2.24) is 4.90 Å². The number of hydrogen-bond donors (Lipinski definition) is 1. The average molecular weight is 607 g/mol. The van der Waals surface area contributed by atoms with Crippen LogP contribution in [0.3, 0.4) is 0 Å². The zero-order valence-electron chi connectivity index (χ0n) is 29.0. The molecule has 5 nitrogen and oxygen atoms in total. The minimum atomic E-state index is -0.643. The number of hydrogen-bond acceptors (Lipinski definition) is 4. The van der Waals surface area contributed by atoms with Crippen molar-refractivity contribution < 1.29 is 14.4 Å². The molecule has 0 aromatic heterocycles. The van der Waals surface area contributed by atoms with E-state index in [0.29, 0.717) is 25.8 Å². The van der Waals surface area contributed by atoms with E-state index in [2.05, 4.69) is 13.8 Å². The van der Waals surface area contributed by atoms with Gasteiger partial charge >= 0.3 is 0 Å². The van der Waals surface area contributed by atoms with Crippen molar-refractivity contribution in [2.45, 2.75) is 219 Å². The molecular weight excluding hydrogens is 532 g/mol. The van der Waals surface area contributed by atoms with E-state index < -0.39 is 6.04 Å². The Labute approximate surface area is 268 Å². The molecule has 0 heterocycles. The second-order valence-electron chi connectivity index (χ2n) is 13.1. The molecule has 0 bridgehead atoms. The lowest BCUT2D eigenvalue weighted by Crippen LogP contribution is -2.45. The Morgan fingerprint density at radius 2 is 0.791 bits per heavy atom. The lowest BCUT2D eigenvalue weighted by atomic mass is 10.0. The summed E-state index contributed by atoms with van der Waals surface area (Å²) in [5.74, 6) is -0.319. The number of unbranched alkanes of at least 4 members (excludes halogenated alkanes) is 25. The van der Waals surface area contributed by atoms with Crippen LogP contribution in [0, 0.1) is 0 Å². The molecule has 0 radical (unpaired) electrons. The molecular formula is C38H74N2O3. The molecule has 254 valence electrons. The minimum Gasteiger partial charge on any atom is -0.330 e. The average Bonchev–Trinajstić information content (AvgIpc) is 3.01. The van der Waals surface area contributed by atoms with Gasteiger partial charge in [0.15, 0.2) is 0 Å². The fraction of sp³-hybridized carbons (Fsp3) is 0.921. The second kappa shape index (κ2) is 33.7. The van der Waals surface area contributed by atoms with Crippen molar-refractivity contribution >= 4 is 18.1 Å². The summed E-state index contributed by atoms with van der Waals surface area (Å²) in [6, 6.07) is -0.643. The quantitative estimate of drug-likeness (QED) is 0.0583. The van der Waals surface area contributed by atoms with Crippen molar-refractivity contribution in [3.8, 4) is 0 Å². The summed E-state index contributed by atoms with van der Waals surface area (Å²) in [5.41, 5.74) is 5.64. The van der Waals surface area contributed by atoms with Crippen LogP contribution in [-0.4, -0.2) is 35.6 Å². The largest absolute Gasteiger partial charge is 0.330 e. The first-order valence-electron chi connectivity index (χ1n) is 19.1. The highest BCUT2D eigenvalue weighted by molar-refractivity contribution is 5.97. The van der Waals surface area contributed by atoms with Gasteiger partial charge in [-0.15, -0.1) is 0 Å². The molecule has 1 atom stereocenters. The van der Waals surface area contributed by atoms with Gasteiger partial charge in [0.05, 0.1) is 6.04 Å². The fourth-order valence-corrected chi connectivity index (χ4v) is 6.09. The summed E-state index contributed by atoms with van der Waals surface area (Å²) in [7, 11) is 0. The number of nitrogens with two attached hydrogens (primary N) is 1. The number of rotatable bonds is 34. The standard InChI is InChI=1S/C38H74N2O3/c1-3-5-7-9-11-13-15-17-19-21-23-25-27-32-37(42)40(36(35-41)31-29-30-34-39)38(43)33-28-26-24-22-20-18-16-14-12-10-8-6-4-2/h35-36H,3-34,39H2,1-2H3/t36-/m0/s1. The Morgan fingerprint density at radius 3 is 1.07 bits per heavy atom. The predicted molar refractivity (Wildman–Crippen MR) is 185 cm³/mol. The summed E-state index contributed by atoms with van der Waals surface area (Å²) < 4.78 is 0. The maximum Gasteiger partial charge on any atom is 0.229 e. The van der Waals surface area contributed by atoms with E-state index >= 15 is 0 Å². The third kappa shape index (κ3) is 26.9. The van der Waals surface area contributed by atoms with Gasteiger partial charge in [-0.2, -0.15) is 0 Å². The van der Waals surface area contributed by atoms with Gasteiger partial charge in [-0.25, -0.2) is 0 Å². The fourth-order valence-electron chi connectivity index (χ4n) is 6.09. The van der Waals surface area contributed by atoms with E-state index in [1.165, 1.54) is 133 Å². The van der Waals surface area contributed by atoms with E-state index in [4.69, 9.17) is 5.73 Å². The van der Waals surface area contributed by atoms with Gasteiger partial charge in [-0.05, 0) is 38.6 Å². The third-order valence-electron chi connectivity index (χ3n) is 8.97. The van der Waals surface area contributed by atoms with Gasteiger partial charge in [0.25, 0.3) is 0 Å². The molecule has 0 aliphatic carbocycles. The van der Waals surface area contributed by atoms with E-state index in [0.717, 1.165) is 57.7 Å². The molecule has 0 fully saturated rings. The zero-order chi connectivity index (χ0) is 31.6. The van der Waals surface area contributed by atoms with Crippen LogP contribution in [0.5, 0.6) is 0 Å². The van der Waals surface area contributed by atoms with E-state index in [1.807, 2.05) is 0 Å². The summed E-state index contributed by atoms with van der Waals surface area (Å²) in [5, 5.41) is 0. The maximum atomic E-state index is 13.2. The van der Waals surface area contributed by atoms with E-state index in [-0.39, 0.29) is 11.8 Å². The molecule has 5 heteroatoms. The van der Waals surface area contributed by atoms with Gasteiger partial charge in [-0.3, -0.25) is 14.5 Å². The number of imide groups is 1. The normalized spacial score (nSPS) is 12.0. The van der Waals surface area contributed by atoms with Crippen molar-refractivity contribution in [3.05, 3.63) is 0 Å². The van der Waals surface area contributed by atoms with Crippen LogP contribution < -0.4 is 5.73 Å². The van der Waals surface area contributed by atoms with Gasteiger partial charge in [0.2, 0.25) is 11.8 Å². The second-order valence-corrected chi connectivity index (χ2v) is 13.1. The summed E-state index contributed by atoms with van der Waals surface area (Å²) >= 11 is 0. The van der Waals surface area contributed by atoms with Gasteiger partial charge < -0.3 is 10.5 Å². The smallest absolute Gasteiger partial charge is 0.229 e. The third-order valence-corrected chi connectivity index (χ3v) is 8.97. The Kier molecular flexibility index (Phi) is 32.7. The molecule has 0 spiro atoms. The molecule has 0 aromatic rings. The first kappa shape index (κ1) is 41.8. The molecule has 2 amide bonds. The number of amides is 2. The van der Waals surface area contributed by atoms with Crippen LogP contribution in [0.1, 0.15) is 213 Å². The molecule has 43 heavy (non-hydrogen) atoms. The predicted octanol–water partition coefficient (Wildman–Crippen LogP) is 11.0. The number of aldehydes is 1. The Morgan fingerprint density at radius 1 is 0.488 bits per heavy atom. The highest BCUT2D eigenvalue weighted by Crippen LogP contribution is 2.18. The minimum absolute atomic E-state index is 0.160. The van der Waals surface area contributed by atoms with Crippen LogP contribution in [0.15, 0.2) is 0 Å².